The molecule has 0 fully saturated rings. The van der Waals surface area contributed by atoms with Crippen molar-refractivity contribution in [2.75, 3.05) is 17.4 Å². The molecule has 7 nitrogen and oxygen atoms in total. The summed E-state index contributed by atoms with van der Waals surface area (Å²) in [5.41, 5.74) is 3.51. The quantitative estimate of drug-likeness (QED) is 0.305. The zero-order chi connectivity index (χ0) is 30.3. The minimum Gasteiger partial charge on any atom is -0.354 e. The average molecular weight is 582 g/mol. The maximum atomic E-state index is 14.1. The van der Waals surface area contributed by atoms with Crippen LogP contribution in [-0.4, -0.2) is 44.3 Å². The molecule has 3 aromatic carbocycles. The number of sulfonamides is 1. The number of rotatable bonds is 12. The number of hydrogen-bond donors (Lipinski definition) is 1. The van der Waals surface area contributed by atoms with Gasteiger partial charge < -0.3 is 10.2 Å². The standard InChI is InChI=1S/C32H40FN3O4S/c1-7-29(32(38)34-19-22(2)3)35(20-26-13-15-27(33)16-14-26)31(37)21-36(30-10-8-9-24(5)25(30)6)41(39,40)28-17-11-23(4)12-18-28/h8-18,22,29H,7,19-21H2,1-6H3,(H,34,38)/t29-/m0/s1. The third-order valence-electron chi connectivity index (χ3n) is 7.07. The molecule has 0 saturated carbocycles. The van der Waals surface area contributed by atoms with E-state index in [0.717, 1.165) is 21.0 Å². The van der Waals surface area contributed by atoms with Crippen LogP contribution in [0, 0.1) is 32.5 Å². The van der Waals surface area contributed by atoms with Crippen molar-refractivity contribution >= 4 is 27.5 Å². The minimum absolute atomic E-state index is 0.0118. The van der Waals surface area contributed by atoms with Crippen molar-refractivity contribution in [2.24, 2.45) is 5.92 Å². The van der Waals surface area contributed by atoms with Crippen molar-refractivity contribution in [2.45, 2.75) is 65.4 Å². The Hall–Kier alpha value is -3.72. The molecular formula is C32H40FN3O4S. The molecule has 0 unspecified atom stereocenters. The first-order chi connectivity index (χ1) is 19.3. The summed E-state index contributed by atoms with van der Waals surface area (Å²) in [5, 5.41) is 2.90. The third-order valence-corrected chi connectivity index (χ3v) is 8.84. The van der Waals surface area contributed by atoms with Gasteiger partial charge in [-0.3, -0.25) is 13.9 Å². The maximum absolute atomic E-state index is 14.1. The second kappa shape index (κ2) is 13.8. The highest BCUT2D eigenvalue weighted by molar-refractivity contribution is 7.92. The molecule has 0 aliphatic rings. The Bertz CT molecular complexity index is 1460. The molecule has 1 atom stereocenters. The molecule has 1 N–H and O–H groups in total. The second-order valence-electron chi connectivity index (χ2n) is 10.8. The molecule has 2 amide bonds. The lowest BCUT2D eigenvalue weighted by Crippen LogP contribution is -2.52. The van der Waals surface area contributed by atoms with Crippen LogP contribution >= 0.6 is 0 Å². The first-order valence-corrected chi connectivity index (χ1v) is 15.3. The Morgan fingerprint density at radius 1 is 0.927 bits per heavy atom. The van der Waals surface area contributed by atoms with Crippen LogP contribution in [0.4, 0.5) is 10.1 Å². The van der Waals surface area contributed by atoms with Crippen LogP contribution in [0.25, 0.3) is 0 Å². The number of hydrogen-bond acceptors (Lipinski definition) is 4. The molecule has 0 radical (unpaired) electrons. The fraction of sp³-hybridized carbons (Fsp3) is 0.375. The van der Waals surface area contributed by atoms with E-state index in [2.05, 4.69) is 5.32 Å². The van der Waals surface area contributed by atoms with Gasteiger partial charge in [-0.05, 0) is 80.1 Å². The number of amides is 2. The lowest BCUT2D eigenvalue weighted by atomic mass is 10.1. The van der Waals surface area contributed by atoms with Crippen LogP contribution in [0.3, 0.4) is 0 Å². The van der Waals surface area contributed by atoms with Crippen LogP contribution in [0.2, 0.25) is 0 Å². The van der Waals surface area contributed by atoms with Crippen LogP contribution in [0.1, 0.15) is 49.4 Å². The van der Waals surface area contributed by atoms with Gasteiger partial charge in [-0.15, -0.1) is 0 Å². The highest BCUT2D eigenvalue weighted by Gasteiger charge is 2.34. The van der Waals surface area contributed by atoms with E-state index >= 15 is 0 Å². The molecule has 0 aliphatic carbocycles. The molecule has 3 aromatic rings. The number of nitrogens with zero attached hydrogens (tertiary/aromatic N) is 2. The molecule has 220 valence electrons. The van der Waals surface area contributed by atoms with Gasteiger partial charge in [-0.25, -0.2) is 12.8 Å². The van der Waals surface area contributed by atoms with Gasteiger partial charge in [0.15, 0.2) is 0 Å². The van der Waals surface area contributed by atoms with Crippen LogP contribution in [-0.2, 0) is 26.2 Å². The second-order valence-corrected chi connectivity index (χ2v) is 12.6. The summed E-state index contributed by atoms with van der Waals surface area (Å²) in [6.45, 7) is 11.2. The molecule has 0 heterocycles. The van der Waals surface area contributed by atoms with Crippen molar-refractivity contribution < 1.29 is 22.4 Å². The van der Waals surface area contributed by atoms with Gasteiger partial charge in [0.05, 0.1) is 10.6 Å². The van der Waals surface area contributed by atoms with E-state index in [1.54, 1.807) is 43.3 Å². The van der Waals surface area contributed by atoms with Crippen molar-refractivity contribution in [3.63, 3.8) is 0 Å². The molecular weight excluding hydrogens is 541 g/mol. The SMILES string of the molecule is CC[C@@H](C(=O)NCC(C)C)N(Cc1ccc(F)cc1)C(=O)CN(c1cccc(C)c1C)S(=O)(=O)c1ccc(C)cc1. The Morgan fingerprint density at radius 3 is 2.15 bits per heavy atom. The minimum atomic E-state index is -4.16. The Balaban J connectivity index is 2.08. The zero-order valence-corrected chi connectivity index (χ0v) is 25.5. The van der Waals surface area contributed by atoms with Gasteiger partial charge in [0.25, 0.3) is 10.0 Å². The van der Waals surface area contributed by atoms with E-state index in [0.29, 0.717) is 24.2 Å². The molecule has 0 aliphatic heterocycles. The summed E-state index contributed by atoms with van der Waals surface area (Å²) in [5.74, 6) is -1.08. The van der Waals surface area contributed by atoms with Crippen LogP contribution < -0.4 is 9.62 Å². The first-order valence-electron chi connectivity index (χ1n) is 13.8. The highest BCUT2D eigenvalue weighted by Crippen LogP contribution is 2.29. The van der Waals surface area contributed by atoms with Crippen LogP contribution in [0.15, 0.2) is 71.6 Å². The fourth-order valence-corrected chi connectivity index (χ4v) is 5.96. The number of benzene rings is 3. The van der Waals surface area contributed by atoms with Crippen LogP contribution in [0.5, 0.6) is 0 Å². The monoisotopic (exact) mass is 581 g/mol. The fourth-order valence-electron chi connectivity index (χ4n) is 4.49. The van der Waals surface area contributed by atoms with Crippen molar-refractivity contribution in [3.05, 3.63) is 94.8 Å². The number of aryl methyl sites for hydroxylation is 2. The van der Waals surface area contributed by atoms with E-state index in [4.69, 9.17) is 0 Å². The number of anilines is 1. The molecule has 0 saturated heterocycles. The van der Waals surface area contributed by atoms with E-state index in [9.17, 15) is 22.4 Å². The number of halogens is 1. The Kier molecular flexibility index (Phi) is 10.7. The van der Waals surface area contributed by atoms with Gasteiger partial charge >= 0.3 is 0 Å². The first kappa shape index (κ1) is 31.8. The van der Waals surface area contributed by atoms with Gasteiger partial charge in [0, 0.05) is 13.1 Å². The number of carbonyl (C=O) groups is 2. The summed E-state index contributed by atoms with van der Waals surface area (Å²) in [6, 6.07) is 16.6. The van der Waals surface area contributed by atoms with Crippen molar-refractivity contribution in [3.8, 4) is 0 Å². The number of nitrogens with one attached hydrogen (secondary N) is 1. The number of carbonyl (C=O) groups excluding carboxylic acids is 2. The van der Waals surface area contributed by atoms with Gasteiger partial charge in [0.2, 0.25) is 11.8 Å². The Morgan fingerprint density at radius 2 is 1.56 bits per heavy atom. The molecule has 0 aromatic heterocycles. The topological polar surface area (TPSA) is 86.8 Å². The summed E-state index contributed by atoms with van der Waals surface area (Å²) < 4.78 is 42.9. The zero-order valence-electron chi connectivity index (χ0n) is 24.6. The smallest absolute Gasteiger partial charge is 0.264 e. The molecule has 41 heavy (non-hydrogen) atoms. The average Bonchev–Trinajstić information content (AvgIpc) is 2.93. The summed E-state index contributed by atoms with van der Waals surface area (Å²) in [4.78, 5) is 28.9. The molecule has 9 heteroatoms. The molecule has 0 spiro atoms. The predicted octanol–water partition coefficient (Wildman–Crippen LogP) is 5.53. The maximum Gasteiger partial charge on any atom is 0.264 e. The normalized spacial score (nSPS) is 12.2. The highest BCUT2D eigenvalue weighted by atomic mass is 32.2. The van der Waals surface area contributed by atoms with E-state index in [1.807, 2.05) is 40.7 Å². The van der Waals surface area contributed by atoms with Gasteiger partial charge in [-0.1, -0.05) is 62.7 Å². The molecule has 3 rings (SSSR count). The lowest BCUT2D eigenvalue weighted by Gasteiger charge is -2.34. The predicted molar refractivity (Wildman–Crippen MR) is 161 cm³/mol. The Labute approximate surface area is 243 Å². The van der Waals surface area contributed by atoms with E-state index in [-0.39, 0.29) is 23.3 Å². The van der Waals surface area contributed by atoms with E-state index < -0.39 is 34.3 Å². The molecule has 0 bridgehead atoms. The summed E-state index contributed by atoms with van der Waals surface area (Å²) >= 11 is 0. The van der Waals surface area contributed by atoms with Crippen molar-refractivity contribution in [1.29, 1.82) is 0 Å². The largest absolute Gasteiger partial charge is 0.354 e. The van der Waals surface area contributed by atoms with E-state index in [1.165, 1.54) is 29.2 Å². The summed E-state index contributed by atoms with van der Waals surface area (Å²) in [6.07, 6.45) is 0.311. The lowest BCUT2D eigenvalue weighted by molar-refractivity contribution is -0.140. The third kappa shape index (κ3) is 7.94. The van der Waals surface area contributed by atoms with Gasteiger partial charge in [0.1, 0.15) is 18.4 Å². The van der Waals surface area contributed by atoms with Crippen molar-refractivity contribution in [1.82, 2.24) is 10.2 Å². The van der Waals surface area contributed by atoms with Gasteiger partial charge in [-0.2, -0.15) is 0 Å². The summed E-state index contributed by atoms with van der Waals surface area (Å²) in [7, 11) is -4.16.